The van der Waals surface area contributed by atoms with Crippen molar-refractivity contribution < 1.29 is 9.96 Å². The van der Waals surface area contributed by atoms with E-state index in [2.05, 4.69) is 60.5 Å². The first-order valence-corrected chi connectivity index (χ1v) is 7.17. The Bertz CT molecular complexity index is 252. The number of piperidine rings is 1. The van der Waals surface area contributed by atoms with Crippen LogP contribution in [0.2, 0.25) is 0 Å². The Kier molecular flexibility index (Phi) is 5.44. The van der Waals surface area contributed by atoms with Crippen molar-refractivity contribution in [2.45, 2.75) is 71.5 Å². The predicted molar refractivity (Wildman–Crippen MR) is 78.1 cm³/mol. The second-order valence-corrected chi connectivity index (χ2v) is 7.36. The third kappa shape index (κ3) is 3.06. The quantitative estimate of drug-likeness (QED) is 0.729. The first-order valence-electron chi connectivity index (χ1n) is 7.17. The summed E-state index contributed by atoms with van der Waals surface area (Å²) in [5.74, 6) is 0. The summed E-state index contributed by atoms with van der Waals surface area (Å²) in [4.78, 5) is 2.58. The molecule has 0 bridgehead atoms. The number of hydrogen-bond donors (Lipinski definition) is 0. The maximum absolute atomic E-state index is 2.58. The van der Waals surface area contributed by atoms with Crippen LogP contribution in [0.15, 0.2) is 0 Å². The fraction of sp³-hybridized carbons (Fsp3) is 1.00. The van der Waals surface area contributed by atoms with Gasteiger partial charge in [0.05, 0.1) is 26.2 Å². The van der Waals surface area contributed by atoms with Crippen molar-refractivity contribution in [3.05, 3.63) is 0 Å². The summed E-state index contributed by atoms with van der Waals surface area (Å²) < 4.78 is 1.22. The summed E-state index contributed by atoms with van der Waals surface area (Å²) in [5, 5.41) is 0. The minimum absolute atomic E-state index is 0. The minimum atomic E-state index is 0. The zero-order chi connectivity index (χ0) is 13.5. The van der Waals surface area contributed by atoms with Crippen molar-refractivity contribution in [2.75, 3.05) is 27.2 Å². The molecule has 1 saturated heterocycles. The van der Waals surface area contributed by atoms with Crippen molar-refractivity contribution in [2.24, 2.45) is 0 Å². The van der Waals surface area contributed by atoms with Crippen molar-refractivity contribution in [3.8, 4) is 0 Å². The van der Waals surface area contributed by atoms with Gasteiger partial charge in [-0.3, -0.25) is 4.90 Å². The summed E-state index contributed by atoms with van der Waals surface area (Å²) in [5.41, 5.74) is 0.631. The average Bonchev–Trinajstić information content (AvgIpc) is 2.23. The highest BCUT2D eigenvalue weighted by Gasteiger charge is 2.48. The number of hydrogen-bond acceptors (Lipinski definition) is 2. The lowest BCUT2D eigenvalue weighted by atomic mass is 9.76. The van der Waals surface area contributed by atoms with E-state index in [1.807, 2.05) is 0 Å². The molecule has 18 heavy (non-hydrogen) atoms. The summed E-state index contributed by atoms with van der Waals surface area (Å²) in [7, 11) is 4.72. The van der Waals surface area contributed by atoms with Crippen LogP contribution in [-0.4, -0.2) is 59.2 Å². The fourth-order valence-electron chi connectivity index (χ4n) is 3.50. The van der Waals surface area contributed by atoms with E-state index in [9.17, 15) is 0 Å². The average molecular weight is 258 g/mol. The first kappa shape index (κ1) is 17.9. The Morgan fingerprint density at radius 1 is 1.00 bits per heavy atom. The van der Waals surface area contributed by atoms with Crippen molar-refractivity contribution in [3.63, 3.8) is 0 Å². The molecule has 0 aromatic rings. The van der Waals surface area contributed by atoms with Crippen LogP contribution < -0.4 is 0 Å². The van der Waals surface area contributed by atoms with Crippen LogP contribution in [0, 0.1) is 0 Å². The molecule has 0 unspecified atom stereocenters. The summed E-state index contributed by atoms with van der Waals surface area (Å²) >= 11 is 0. The molecule has 0 aromatic heterocycles. The molecule has 0 spiro atoms. The monoisotopic (exact) mass is 258 g/mol. The molecule has 1 aliphatic rings. The fourth-order valence-corrected chi connectivity index (χ4v) is 3.50. The van der Waals surface area contributed by atoms with Gasteiger partial charge in [-0.15, -0.1) is 0 Å². The second kappa shape index (κ2) is 5.48. The van der Waals surface area contributed by atoms with Gasteiger partial charge >= 0.3 is 0 Å². The van der Waals surface area contributed by atoms with E-state index in [0.29, 0.717) is 11.1 Å². The summed E-state index contributed by atoms with van der Waals surface area (Å²) in [6, 6.07) is 0.797. The normalized spacial score (nSPS) is 24.7. The van der Waals surface area contributed by atoms with Crippen molar-refractivity contribution >= 4 is 0 Å². The molecular weight excluding hydrogens is 224 g/mol. The van der Waals surface area contributed by atoms with Crippen LogP contribution in [0.4, 0.5) is 0 Å². The maximum Gasteiger partial charge on any atom is 0.0923 e. The Labute approximate surface area is 114 Å². The lowest BCUT2D eigenvalue weighted by Gasteiger charge is -2.57. The molecule has 3 nitrogen and oxygen atoms in total. The van der Waals surface area contributed by atoms with E-state index in [1.165, 1.54) is 30.4 Å². The predicted octanol–water partition coefficient (Wildman–Crippen LogP) is 2.95. The summed E-state index contributed by atoms with van der Waals surface area (Å²) in [6.07, 6.45) is 2.62. The molecule has 0 aliphatic carbocycles. The maximum atomic E-state index is 2.58. The van der Waals surface area contributed by atoms with Crippen LogP contribution in [0.5, 0.6) is 0 Å². The van der Waals surface area contributed by atoms with E-state index in [1.54, 1.807) is 0 Å². The number of quaternary nitrogens is 1. The second-order valence-electron chi connectivity index (χ2n) is 7.36. The van der Waals surface area contributed by atoms with Crippen LogP contribution in [0.3, 0.4) is 0 Å². The standard InChI is InChI=1S/C15H33N2.H2O/c1-9-17(8,10-2)13-11-14(3,4)16(7)15(5,6)12-13;/h13H,9-12H2,1-8H3;1H2/q+1;/p-1. The van der Waals surface area contributed by atoms with Gasteiger partial charge in [-0.25, -0.2) is 0 Å². The van der Waals surface area contributed by atoms with Gasteiger partial charge in [0.15, 0.2) is 0 Å². The zero-order valence-electron chi connectivity index (χ0n) is 13.7. The van der Waals surface area contributed by atoms with Crippen molar-refractivity contribution in [1.29, 1.82) is 0 Å². The highest BCUT2D eigenvalue weighted by molar-refractivity contribution is 4.99. The van der Waals surface area contributed by atoms with Gasteiger partial charge in [-0.1, -0.05) is 0 Å². The van der Waals surface area contributed by atoms with E-state index in [-0.39, 0.29) is 5.48 Å². The van der Waals surface area contributed by atoms with Gasteiger partial charge in [0.1, 0.15) is 0 Å². The molecule has 3 heteroatoms. The minimum Gasteiger partial charge on any atom is -0.870 e. The lowest BCUT2D eigenvalue weighted by Crippen LogP contribution is -2.66. The van der Waals surface area contributed by atoms with Gasteiger partial charge in [-0.05, 0) is 48.6 Å². The van der Waals surface area contributed by atoms with E-state index < -0.39 is 0 Å². The first-order chi connectivity index (χ1) is 7.59. The van der Waals surface area contributed by atoms with Crippen LogP contribution in [-0.2, 0) is 0 Å². The molecule has 0 radical (unpaired) electrons. The molecule has 1 N–H and O–H groups in total. The zero-order valence-corrected chi connectivity index (χ0v) is 13.7. The largest absolute Gasteiger partial charge is 0.870 e. The molecule has 1 rings (SSSR count). The molecule has 0 saturated carbocycles. The van der Waals surface area contributed by atoms with Crippen molar-refractivity contribution in [1.82, 2.24) is 4.90 Å². The van der Waals surface area contributed by atoms with E-state index >= 15 is 0 Å². The Balaban J connectivity index is 0.00000289. The molecule has 0 atom stereocenters. The highest BCUT2D eigenvalue weighted by atomic mass is 16.0. The van der Waals surface area contributed by atoms with Gasteiger partial charge < -0.3 is 9.96 Å². The SMILES string of the molecule is CC[N+](C)(CC)C1CC(C)(C)N(C)C(C)(C)C1.[OH-]. The Hall–Kier alpha value is -0.120. The van der Waals surface area contributed by atoms with Gasteiger partial charge in [0.2, 0.25) is 0 Å². The third-order valence-corrected chi connectivity index (χ3v) is 5.61. The topological polar surface area (TPSA) is 33.2 Å². The Morgan fingerprint density at radius 3 is 1.61 bits per heavy atom. The molecule has 0 amide bonds. The van der Waals surface area contributed by atoms with Crippen LogP contribution in [0.1, 0.15) is 54.4 Å². The number of rotatable bonds is 3. The lowest BCUT2D eigenvalue weighted by molar-refractivity contribution is -0.933. The van der Waals surface area contributed by atoms with Crippen LogP contribution >= 0.6 is 0 Å². The number of nitrogens with zero attached hydrogens (tertiary/aromatic N) is 2. The third-order valence-electron chi connectivity index (χ3n) is 5.61. The van der Waals surface area contributed by atoms with Gasteiger partial charge in [0, 0.05) is 23.9 Å². The van der Waals surface area contributed by atoms with E-state index in [4.69, 9.17) is 0 Å². The Morgan fingerprint density at radius 2 is 1.33 bits per heavy atom. The highest BCUT2D eigenvalue weighted by Crippen LogP contribution is 2.40. The smallest absolute Gasteiger partial charge is 0.0923 e. The molecular formula is C15H34N2O. The summed E-state index contributed by atoms with van der Waals surface area (Å²) in [6.45, 7) is 16.8. The van der Waals surface area contributed by atoms with Crippen LogP contribution in [0.25, 0.3) is 0 Å². The number of likely N-dealkylation sites (tertiary alicyclic amines) is 1. The molecule has 1 aliphatic heterocycles. The molecule has 1 heterocycles. The molecule has 1 fully saturated rings. The van der Waals surface area contributed by atoms with E-state index in [0.717, 1.165) is 6.04 Å². The van der Waals surface area contributed by atoms with Gasteiger partial charge in [-0.2, -0.15) is 0 Å². The van der Waals surface area contributed by atoms with Gasteiger partial charge in [0.25, 0.3) is 0 Å². The molecule has 110 valence electrons. The molecule has 0 aromatic carbocycles.